The molecule has 2 aromatic heterocycles. The number of hydrogen-bond acceptors (Lipinski definition) is 6. The number of esters is 1. The highest BCUT2D eigenvalue weighted by Crippen LogP contribution is 2.26. The van der Waals surface area contributed by atoms with Crippen molar-refractivity contribution >= 4 is 33.3 Å². The fraction of sp³-hybridized carbons (Fsp3) is 0.0833. The highest BCUT2D eigenvalue weighted by atomic mass is 32.1. The van der Waals surface area contributed by atoms with Crippen molar-refractivity contribution in [2.75, 3.05) is 12.8 Å². The molecule has 0 radical (unpaired) electrons. The number of nitrogens with two attached hydrogens (primary N) is 1. The lowest BCUT2D eigenvalue weighted by atomic mass is 10.3. The summed E-state index contributed by atoms with van der Waals surface area (Å²) < 4.78 is 7.11. The van der Waals surface area contributed by atoms with Crippen molar-refractivity contribution in [1.82, 2.24) is 14.8 Å². The summed E-state index contributed by atoms with van der Waals surface area (Å²) in [4.78, 5) is 15.9. The number of rotatable bonds is 2. The van der Waals surface area contributed by atoms with Crippen LogP contribution in [0, 0.1) is 0 Å². The maximum atomic E-state index is 11.5. The third-order valence-electron chi connectivity index (χ3n) is 2.68. The van der Waals surface area contributed by atoms with Crippen LogP contribution in [0.3, 0.4) is 0 Å². The molecule has 0 aliphatic heterocycles. The van der Waals surface area contributed by atoms with E-state index < -0.39 is 5.97 Å². The maximum Gasteiger partial charge on any atom is 0.343 e. The summed E-state index contributed by atoms with van der Waals surface area (Å²) >= 11 is 1.45. The highest BCUT2D eigenvalue weighted by molar-refractivity contribution is 7.20. The van der Waals surface area contributed by atoms with Crippen molar-refractivity contribution in [1.29, 1.82) is 0 Å². The quantitative estimate of drug-likeness (QED) is 0.721. The average Bonchev–Trinajstić information content (AvgIpc) is 3.00. The Kier molecular flexibility index (Phi) is 2.68. The number of fused-ring (bicyclic) bond motifs is 1. The van der Waals surface area contributed by atoms with E-state index in [0.717, 1.165) is 10.2 Å². The lowest BCUT2D eigenvalue weighted by Crippen LogP contribution is -2.07. The Morgan fingerprint density at radius 2 is 2.21 bits per heavy atom. The Morgan fingerprint density at radius 1 is 1.42 bits per heavy atom. The fourth-order valence-electron chi connectivity index (χ4n) is 1.73. The van der Waals surface area contributed by atoms with E-state index in [1.807, 2.05) is 24.3 Å². The van der Waals surface area contributed by atoms with Crippen molar-refractivity contribution in [3.8, 4) is 5.13 Å². The summed E-state index contributed by atoms with van der Waals surface area (Å²) in [5.74, 6) is -0.282. The van der Waals surface area contributed by atoms with E-state index in [4.69, 9.17) is 5.73 Å². The minimum absolute atomic E-state index is 0.228. The topological polar surface area (TPSA) is 83.0 Å². The van der Waals surface area contributed by atoms with Crippen LogP contribution in [-0.2, 0) is 4.74 Å². The summed E-state index contributed by atoms with van der Waals surface area (Å²) in [6.07, 6.45) is 1.38. The van der Waals surface area contributed by atoms with Crippen molar-refractivity contribution in [2.24, 2.45) is 0 Å². The number of nitrogens with zero attached hydrogens (tertiary/aromatic N) is 3. The predicted octanol–water partition coefficient (Wildman–Crippen LogP) is 1.85. The van der Waals surface area contributed by atoms with Gasteiger partial charge in [0.2, 0.25) is 5.13 Å². The van der Waals surface area contributed by atoms with Crippen LogP contribution in [0.25, 0.3) is 15.3 Å². The van der Waals surface area contributed by atoms with Crippen molar-refractivity contribution in [2.45, 2.75) is 0 Å². The Morgan fingerprint density at radius 3 is 2.95 bits per heavy atom. The molecule has 0 bridgehead atoms. The molecule has 0 unspecified atom stereocenters. The molecule has 0 aliphatic carbocycles. The van der Waals surface area contributed by atoms with Gasteiger partial charge >= 0.3 is 5.97 Å². The number of para-hydroxylation sites is 1. The lowest BCUT2D eigenvalue weighted by molar-refractivity contribution is 0.0602. The average molecular weight is 274 g/mol. The number of anilines is 1. The number of carbonyl (C=O) groups excluding carboxylic acids is 1. The molecule has 2 heterocycles. The van der Waals surface area contributed by atoms with Crippen LogP contribution in [0.1, 0.15) is 10.4 Å². The van der Waals surface area contributed by atoms with Crippen molar-refractivity contribution < 1.29 is 9.53 Å². The van der Waals surface area contributed by atoms with Gasteiger partial charge in [-0.2, -0.15) is 9.78 Å². The standard InChI is InChI=1S/C12H10N4O2S/c1-18-11(17)7-6-14-16(10(7)13)12-15-8-4-2-3-5-9(8)19-12/h2-6H,13H2,1H3. The van der Waals surface area contributed by atoms with Gasteiger partial charge in [-0.05, 0) is 12.1 Å². The zero-order chi connectivity index (χ0) is 13.4. The smallest absolute Gasteiger partial charge is 0.343 e. The molecule has 6 nitrogen and oxygen atoms in total. The molecule has 3 rings (SSSR count). The van der Waals surface area contributed by atoms with Crippen LogP contribution in [0.15, 0.2) is 30.5 Å². The number of benzene rings is 1. The third kappa shape index (κ3) is 1.84. The number of ether oxygens (including phenoxy) is 1. The molecule has 3 aromatic rings. The molecule has 19 heavy (non-hydrogen) atoms. The predicted molar refractivity (Wildman–Crippen MR) is 72.5 cm³/mol. The molecule has 0 fully saturated rings. The number of nitrogen functional groups attached to an aromatic ring is 1. The van der Waals surface area contributed by atoms with Crippen LogP contribution >= 0.6 is 11.3 Å². The minimum Gasteiger partial charge on any atom is -0.465 e. The fourth-order valence-corrected chi connectivity index (χ4v) is 2.67. The molecule has 0 amide bonds. The van der Waals surface area contributed by atoms with Gasteiger partial charge in [-0.3, -0.25) is 0 Å². The summed E-state index contributed by atoms with van der Waals surface area (Å²) in [5.41, 5.74) is 7.01. The first-order valence-corrected chi connectivity index (χ1v) is 6.30. The first-order chi connectivity index (χ1) is 9.20. The molecule has 7 heteroatoms. The maximum absolute atomic E-state index is 11.5. The number of hydrogen-bond donors (Lipinski definition) is 1. The molecule has 96 valence electrons. The van der Waals surface area contributed by atoms with Crippen LogP contribution < -0.4 is 5.73 Å². The summed E-state index contributed by atoms with van der Waals surface area (Å²) in [7, 11) is 1.30. The van der Waals surface area contributed by atoms with Gasteiger partial charge in [0.05, 0.1) is 23.5 Å². The molecule has 2 N–H and O–H groups in total. The second-order valence-corrected chi connectivity index (χ2v) is 4.82. The van der Waals surface area contributed by atoms with Gasteiger partial charge in [0.1, 0.15) is 11.4 Å². The van der Waals surface area contributed by atoms with E-state index in [0.29, 0.717) is 5.13 Å². The Bertz CT molecular complexity index is 729. The molecular formula is C12H10N4O2S. The highest BCUT2D eigenvalue weighted by Gasteiger charge is 2.18. The zero-order valence-electron chi connectivity index (χ0n) is 10.0. The zero-order valence-corrected chi connectivity index (χ0v) is 10.8. The molecule has 0 saturated carbocycles. The Balaban J connectivity index is 2.11. The second-order valence-electron chi connectivity index (χ2n) is 3.81. The van der Waals surface area contributed by atoms with Crippen LogP contribution in [-0.4, -0.2) is 27.8 Å². The van der Waals surface area contributed by atoms with Gasteiger partial charge < -0.3 is 10.5 Å². The van der Waals surface area contributed by atoms with E-state index in [1.54, 1.807) is 0 Å². The first-order valence-electron chi connectivity index (χ1n) is 5.48. The van der Waals surface area contributed by atoms with E-state index in [1.165, 1.54) is 29.3 Å². The summed E-state index contributed by atoms with van der Waals surface area (Å²) in [5, 5.41) is 4.71. The molecule has 0 atom stereocenters. The van der Waals surface area contributed by atoms with E-state index >= 15 is 0 Å². The lowest BCUT2D eigenvalue weighted by Gasteiger charge is -1.99. The van der Waals surface area contributed by atoms with Gasteiger partial charge in [0.15, 0.2) is 0 Å². The molecule has 0 spiro atoms. The SMILES string of the molecule is COC(=O)c1cnn(-c2nc3ccccc3s2)c1N. The van der Waals surface area contributed by atoms with E-state index in [-0.39, 0.29) is 11.4 Å². The molecular weight excluding hydrogens is 264 g/mol. The van der Waals surface area contributed by atoms with Crippen LogP contribution in [0.5, 0.6) is 0 Å². The van der Waals surface area contributed by atoms with Crippen LogP contribution in [0.2, 0.25) is 0 Å². The second kappa shape index (κ2) is 4.36. The Labute approximate surface area is 112 Å². The van der Waals surface area contributed by atoms with E-state index in [9.17, 15) is 4.79 Å². The first kappa shape index (κ1) is 11.7. The molecule has 0 saturated heterocycles. The van der Waals surface area contributed by atoms with E-state index in [2.05, 4.69) is 14.8 Å². The summed E-state index contributed by atoms with van der Waals surface area (Å²) in [6, 6.07) is 7.74. The Hall–Kier alpha value is -2.41. The van der Waals surface area contributed by atoms with Crippen LogP contribution in [0.4, 0.5) is 5.82 Å². The van der Waals surface area contributed by atoms with Crippen molar-refractivity contribution in [3.63, 3.8) is 0 Å². The van der Waals surface area contributed by atoms with Gasteiger partial charge in [0, 0.05) is 0 Å². The van der Waals surface area contributed by atoms with Gasteiger partial charge in [-0.1, -0.05) is 23.5 Å². The van der Waals surface area contributed by atoms with Crippen molar-refractivity contribution in [3.05, 3.63) is 36.0 Å². The largest absolute Gasteiger partial charge is 0.465 e. The number of methoxy groups -OCH3 is 1. The number of carbonyl (C=O) groups is 1. The van der Waals surface area contributed by atoms with Gasteiger partial charge in [-0.15, -0.1) is 0 Å². The number of thiazole rings is 1. The minimum atomic E-state index is -0.509. The molecule has 0 aliphatic rings. The van der Waals surface area contributed by atoms with Gasteiger partial charge in [0.25, 0.3) is 0 Å². The van der Waals surface area contributed by atoms with Gasteiger partial charge in [-0.25, -0.2) is 9.78 Å². The molecule has 1 aromatic carbocycles. The normalized spacial score (nSPS) is 10.8. The third-order valence-corrected chi connectivity index (χ3v) is 3.69. The summed E-state index contributed by atoms with van der Waals surface area (Å²) in [6.45, 7) is 0. The number of aromatic nitrogens is 3. The monoisotopic (exact) mass is 274 g/mol.